The van der Waals surface area contributed by atoms with Gasteiger partial charge in [0, 0.05) is 33.7 Å². The fraction of sp³-hybridized carbons (Fsp3) is 0.309. The zero-order valence-corrected chi connectivity index (χ0v) is 80.0. The molecule has 6 N–H and O–H groups in total. The van der Waals surface area contributed by atoms with Gasteiger partial charge in [0.25, 0.3) is 0 Å². The number of carbonyl (C=O) groups is 6. The van der Waals surface area contributed by atoms with Crippen molar-refractivity contribution in [3.05, 3.63) is 291 Å². The van der Waals surface area contributed by atoms with E-state index in [-0.39, 0.29) is 111 Å². The van der Waals surface area contributed by atoms with Gasteiger partial charge in [0.2, 0.25) is 0 Å². The van der Waals surface area contributed by atoms with Crippen LogP contribution in [0.4, 0.5) is 0 Å². The van der Waals surface area contributed by atoms with Crippen molar-refractivity contribution in [1.29, 1.82) is 15.8 Å². The van der Waals surface area contributed by atoms with Gasteiger partial charge < -0.3 is 81.9 Å². The van der Waals surface area contributed by atoms with E-state index in [4.69, 9.17) is 88.1 Å². The molecule has 702 valence electrons. The molecule has 2 aliphatic carbocycles. The summed E-state index contributed by atoms with van der Waals surface area (Å²) in [7, 11) is 5.96. The van der Waals surface area contributed by atoms with Crippen LogP contribution in [0.3, 0.4) is 0 Å². The lowest BCUT2D eigenvalue weighted by Gasteiger charge is -2.15. The number of phenols is 2. The molecule has 0 heterocycles. The number of ether oxygens (including phenoxy) is 8. The van der Waals surface area contributed by atoms with Gasteiger partial charge >= 0.3 is 31.5 Å². The zero-order chi connectivity index (χ0) is 96.4. The molecule has 2 aliphatic rings. The quantitative estimate of drug-likeness (QED) is 0.00301. The molecule has 2 fully saturated rings. The van der Waals surface area contributed by atoms with E-state index in [1.54, 1.807) is 201 Å². The number of esters is 4. The van der Waals surface area contributed by atoms with Crippen LogP contribution in [0.1, 0.15) is 143 Å². The molecule has 0 spiro atoms. The molecule has 0 radical (unpaired) electrons. The standard InChI is InChI=1S/C17H16N2O3.C13H16O3.2C12H14O3.C10H9BrN2O.C9H6BrNO.C8H17O5P.C8H8O2.C7H8O2.CH5NO.ClH/c1-21-19-17(15-6-2-13(10-18)3-7-15)12-22-16-8-4-14(11-20)5-9-16;1-3-16-13(14)12-8-11(12)9-4-6-10(15-2)7-5-9;1-2-15-12(14)11-7-10(11)8-3-5-9(13)6-4-8;1-3-15-12(13)9-6-10-4-7-11(14-2)8-5-10;1-14-13-10(6-11)9-4-2-8(7-12)3-5-9;10-5-9(12)8-3-1-7(6-11)2-4-8;1-4-11-8(9)7-14(10,12-5-2)13-6-3;1-10-8-4-2-7(6-9)3-5-8;8-5-6-1-3-7(9)4-2-6;1-3-2;/h2-9,20H,11-12H2,1H3;4-7,11-12H,3,8H2,1-2H3;3-6,10-11,13H,2,7H2,1H3;4-9H,3H2,1-2H3;2-5H,6H2,1H3;1-4H,5H2;4-7H2,1-3H3;2-6H,1H3;1-4,8-9H,5H2;2H2,1H3;1H/b19-17+;;;9-6-;13-10+;;;;;;. The number of hydrogen-bond donors (Lipinski definition) is 5. The summed E-state index contributed by atoms with van der Waals surface area (Å²) in [6.07, 6.45) is 5.37. The van der Waals surface area contributed by atoms with Crippen LogP contribution in [0, 0.1) is 45.8 Å². The molecule has 0 aromatic heterocycles. The van der Waals surface area contributed by atoms with E-state index in [0.29, 0.717) is 75.7 Å². The molecule has 131 heavy (non-hydrogen) atoms. The normalized spacial score (nSPS) is 13.1. The number of halogens is 3. The molecule has 34 heteroatoms. The van der Waals surface area contributed by atoms with E-state index >= 15 is 0 Å². The minimum atomic E-state index is -3.28. The summed E-state index contributed by atoms with van der Waals surface area (Å²) >= 11 is 6.39. The van der Waals surface area contributed by atoms with Crippen LogP contribution in [-0.4, -0.2) is 174 Å². The number of nitriles is 3. The third kappa shape index (κ3) is 48.0. The molecule has 0 aliphatic heterocycles. The first kappa shape index (κ1) is 116. The number of aliphatic hydroxyl groups excluding tert-OH is 2. The van der Waals surface area contributed by atoms with Gasteiger partial charge in [-0.05, 0) is 221 Å². The second kappa shape index (κ2) is 69.4. The summed E-state index contributed by atoms with van der Waals surface area (Å²) in [4.78, 5) is 79.5. The van der Waals surface area contributed by atoms with Crippen LogP contribution in [0.15, 0.2) is 235 Å². The van der Waals surface area contributed by atoms with Crippen LogP contribution in [-0.2, 0) is 79.5 Å². The van der Waals surface area contributed by atoms with Crippen LogP contribution < -0.4 is 24.8 Å². The number of ketones is 1. The average Bonchev–Trinajstić information content (AvgIpc) is 1.64. The van der Waals surface area contributed by atoms with E-state index in [2.05, 4.69) is 69.8 Å². The van der Waals surface area contributed by atoms with Crippen molar-refractivity contribution < 1.29 is 115 Å². The molecule has 11 rings (SSSR count). The highest BCUT2D eigenvalue weighted by Crippen LogP contribution is 2.50. The topological polar surface area (TPSA) is 443 Å². The number of rotatable bonds is 32. The number of aromatic hydroxyl groups is 2. The van der Waals surface area contributed by atoms with Gasteiger partial charge in [-0.15, -0.1) is 12.4 Å². The summed E-state index contributed by atoms with van der Waals surface area (Å²) in [5.74, 6) is 7.60. The maximum absolute atomic E-state index is 11.8. The molecule has 0 amide bonds. The van der Waals surface area contributed by atoms with Crippen molar-refractivity contribution >= 4 is 105 Å². The van der Waals surface area contributed by atoms with Gasteiger partial charge in [0.1, 0.15) is 73.5 Å². The Morgan fingerprint density at radius 2 is 0.817 bits per heavy atom. The number of carbonyl (C=O) groups excluding carboxylic acids is 6. The summed E-state index contributed by atoms with van der Waals surface area (Å²) in [5, 5.41) is 70.1. The molecule has 0 bridgehead atoms. The van der Waals surface area contributed by atoms with Gasteiger partial charge in [-0.25, -0.2) is 10.7 Å². The molecule has 4 atom stereocenters. The van der Waals surface area contributed by atoms with Gasteiger partial charge in [-0.1, -0.05) is 139 Å². The highest BCUT2D eigenvalue weighted by Gasteiger charge is 2.46. The Bertz CT molecular complexity index is 5030. The first-order valence-corrected chi connectivity index (χ1v) is 44.4. The Hall–Kier alpha value is -12.6. The second-order valence-electron chi connectivity index (χ2n) is 26.3. The first-order chi connectivity index (χ1) is 62.8. The Balaban J connectivity index is 0.000000740. The van der Waals surface area contributed by atoms with Crippen LogP contribution in [0.2, 0.25) is 0 Å². The number of benzene rings is 9. The number of nitrogens with zero attached hydrogens (tertiary/aromatic N) is 5. The molecule has 9 aromatic rings. The number of alkyl halides is 2. The number of oxime groups is 2. The predicted octanol–water partition coefficient (Wildman–Crippen LogP) is 17.7. The number of methoxy groups -OCH3 is 3. The minimum Gasteiger partial charge on any atom is -0.508 e. The lowest BCUT2D eigenvalue weighted by molar-refractivity contribution is -0.145. The van der Waals surface area contributed by atoms with Crippen molar-refractivity contribution in [2.45, 2.75) is 79.4 Å². The number of hydrogen-bond acceptors (Lipinski definition) is 30. The van der Waals surface area contributed by atoms with Gasteiger partial charge in [-0.3, -0.25) is 28.5 Å². The Morgan fingerprint density at radius 3 is 1.17 bits per heavy atom. The maximum Gasteiger partial charge on any atom is 0.341 e. The van der Waals surface area contributed by atoms with E-state index in [9.17, 15) is 33.3 Å². The molecule has 30 nitrogen and oxygen atoms in total. The smallest absolute Gasteiger partial charge is 0.341 e. The molecular formula is C97H114Br2ClN6O24P. The molecule has 2 saturated carbocycles. The predicted molar refractivity (Wildman–Crippen MR) is 508 cm³/mol. The zero-order valence-electron chi connectivity index (χ0n) is 75.1. The summed E-state index contributed by atoms with van der Waals surface area (Å²) in [6.45, 7) is 12.8. The summed E-state index contributed by atoms with van der Waals surface area (Å²) < 4.78 is 61.6. The van der Waals surface area contributed by atoms with Crippen molar-refractivity contribution in [3.63, 3.8) is 0 Å². The third-order valence-corrected chi connectivity index (χ3v) is 20.2. The SMILES string of the molecule is CCOC(=O)/C=C\c1ccc(OC)cc1.CCOC(=O)C1CC1c1ccc(O)cc1.CCOC(=O)C1CC1c1ccc(OC)cc1.CCOC(=O)CP(=O)(OCC)OCC.CO/N=C(\CBr)c1ccc(C#N)cc1.CO/N=C(\COc1ccc(CO)cc1)c1ccc(C#N)cc1.CON.COc1ccc(C=O)cc1.Cl.N#Cc1ccc(C(=O)CBr)cc1.OCc1ccc(O)cc1. The van der Waals surface area contributed by atoms with Crippen molar-refractivity contribution in [3.8, 4) is 52.7 Å². The monoisotopic (exact) mass is 1970 g/mol. The number of aliphatic hydroxyl groups is 2. The fourth-order valence-corrected chi connectivity index (χ4v) is 12.8. The molecule has 4 unspecified atom stereocenters. The molecule has 9 aromatic carbocycles. The van der Waals surface area contributed by atoms with Crippen molar-refractivity contribution in [1.82, 2.24) is 0 Å². The largest absolute Gasteiger partial charge is 0.508 e. The van der Waals surface area contributed by atoms with Gasteiger partial charge in [0.05, 0.1) is 139 Å². The lowest BCUT2D eigenvalue weighted by Crippen LogP contribution is -2.13. The molecular weight excluding hydrogens is 1860 g/mol. The van der Waals surface area contributed by atoms with E-state index in [1.807, 2.05) is 92.7 Å². The summed E-state index contributed by atoms with van der Waals surface area (Å²) in [6, 6.07) is 69.8. The van der Waals surface area contributed by atoms with Crippen molar-refractivity contribution in [2.75, 3.05) is 106 Å². The Kier molecular flexibility index (Phi) is 61.7. The van der Waals surface area contributed by atoms with E-state index < -0.39 is 13.6 Å². The third-order valence-electron chi connectivity index (χ3n) is 17.3. The number of nitrogens with two attached hydrogens (primary N) is 1. The van der Waals surface area contributed by atoms with Gasteiger partial charge in [0.15, 0.2) is 5.78 Å². The fourth-order valence-electron chi connectivity index (χ4n) is 10.6. The van der Waals surface area contributed by atoms with E-state index in [0.717, 1.165) is 75.5 Å². The lowest BCUT2D eigenvalue weighted by atomic mass is 10.1. The minimum absolute atomic E-state index is 0. The first-order valence-electron chi connectivity index (χ1n) is 40.5. The Morgan fingerprint density at radius 1 is 0.466 bits per heavy atom. The van der Waals surface area contributed by atoms with Gasteiger partial charge in [-0.2, -0.15) is 15.8 Å². The van der Waals surface area contributed by atoms with Crippen molar-refractivity contribution in [2.24, 2.45) is 28.0 Å². The highest BCUT2D eigenvalue weighted by atomic mass is 79.9. The molecule has 0 saturated heterocycles. The average molecular weight is 1970 g/mol. The van der Waals surface area contributed by atoms with Crippen LogP contribution in [0.25, 0.3) is 6.08 Å². The van der Waals surface area contributed by atoms with Crippen LogP contribution >= 0.6 is 51.9 Å². The Labute approximate surface area is 788 Å². The second-order valence-corrected chi connectivity index (χ2v) is 29.5. The van der Waals surface area contributed by atoms with Crippen LogP contribution in [0.5, 0.6) is 34.5 Å². The number of phenolic OH excluding ortho intramolecular Hbond substituents is 2. The number of Topliss-reactive ketones (excluding diaryl/α,β-unsaturated/α-hetero) is 1. The summed E-state index contributed by atoms with van der Waals surface area (Å²) in [5.41, 5.74) is 11.2. The highest BCUT2D eigenvalue weighted by molar-refractivity contribution is 9.09. The van der Waals surface area contributed by atoms with E-state index in [1.165, 1.54) is 33.0 Å². The number of aldehydes is 1. The maximum atomic E-state index is 11.8.